The zero-order valence-electron chi connectivity index (χ0n) is 10.1. The molecule has 0 radical (unpaired) electrons. The highest BCUT2D eigenvalue weighted by Gasteiger charge is 2.08. The summed E-state index contributed by atoms with van der Waals surface area (Å²) in [6.45, 7) is 2.17. The molecule has 1 aromatic carbocycles. The van der Waals surface area contributed by atoms with Gasteiger partial charge in [-0.25, -0.2) is 4.98 Å². The molecule has 1 aromatic heterocycles. The quantitative estimate of drug-likeness (QED) is 0.879. The molecule has 0 unspecified atom stereocenters. The first-order valence-electron chi connectivity index (χ1n) is 5.81. The SMILES string of the molecule is CC[C@@H](CO)Nc1nc(-c2cccc(Br)c2)cs1. The lowest BCUT2D eigenvalue weighted by atomic mass is 10.2. The van der Waals surface area contributed by atoms with Gasteiger partial charge in [0.15, 0.2) is 5.13 Å². The van der Waals surface area contributed by atoms with Crippen molar-refractivity contribution in [3.8, 4) is 11.3 Å². The van der Waals surface area contributed by atoms with Crippen molar-refractivity contribution in [3.63, 3.8) is 0 Å². The lowest BCUT2D eigenvalue weighted by molar-refractivity contribution is 0.272. The van der Waals surface area contributed by atoms with Crippen molar-refractivity contribution in [1.82, 2.24) is 4.98 Å². The first kappa shape index (κ1) is 13.5. The number of nitrogens with zero attached hydrogens (tertiary/aromatic N) is 1. The normalized spacial score (nSPS) is 12.4. The Morgan fingerprint density at radius 3 is 3.00 bits per heavy atom. The monoisotopic (exact) mass is 326 g/mol. The first-order chi connectivity index (χ1) is 8.72. The maximum absolute atomic E-state index is 9.16. The van der Waals surface area contributed by atoms with E-state index in [2.05, 4.69) is 26.2 Å². The van der Waals surface area contributed by atoms with Gasteiger partial charge in [-0.05, 0) is 18.6 Å². The van der Waals surface area contributed by atoms with Crippen LogP contribution < -0.4 is 5.32 Å². The summed E-state index contributed by atoms with van der Waals surface area (Å²) in [6.07, 6.45) is 0.877. The molecule has 2 aromatic rings. The van der Waals surface area contributed by atoms with E-state index in [4.69, 9.17) is 5.11 Å². The molecule has 0 saturated carbocycles. The Bertz CT molecular complexity index is 511. The second-order valence-electron chi connectivity index (χ2n) is 3.98. The molecule has 0 aliphatic rings. The van der Waals surface area contributed by atoms with Gasteiger partial charge in [0.2, 0.25) is 0 Å². The minimum atomic E-state index is 0.0755. The summed E-state index contributed by atoms with van der Waals surface area (Å²) in [5, 5.41) is 15.3. The summed E-state index contributed by atoms with van der Waals surface area (Å²) < 4.78 is 1.05. The van der Waals surface area contributed by atoms with E-state index in [1.165, 1.54) is 0 Å². The summed E-state index contributed by atoms with van der Waals surface area (Å²) in [7, 11) is 0. The molecule has 0 aliphatic carbocycles. The summed E-state index contributed by atoms with van der Waals surface area (Å²) in [6, 6.07) is 8.14. The Kier molecular flexibility index (Phi) is 4.74. The molecule has 18 heavy (non-hydrogen) atoms. The van der Waals surface area contributed by atoms with Crippen LogP contribution in [0.3, 0.4) is 0 Å². The fraction of sp³-hybridized carbons (Fsp3) is 0.308. The van der Waals surface area contributed by atoms with E-state index >= 15 is 0 Å². The minimum absolute atomic E-state index is 0.0755. The lowest BCUT2D eigenvalue weighted by Gasteiger charge is -2.12. The number of aromatic nitrogens is 1. The third kappa shape index (κ3) is 3.31. The number of aliphatic hydroxyl groups excluding tert-OH is 1. The van der Waals surface area contributed by atoms with Gasteiger partial charge in [-0.2, -0.15) is 0 Å². The fourth-order valence-corrected chi connectivity index (χ4v) is 2.77. The van der Waals surface area contributed by atoms with Crippen molar-refractivity contribution in [2.24, 2.45) is 0 Å². The Balaban J connectivity index is 2.15. The molecule has 96 valence electrons. The molecular weight excluding hydrogens is 312 g/mol. The van der Waals surface area contributed by atoms with E-state index in [9.17, 15) is 0 Å². The minimum Gasteiger partial charge on any atom is -0.394 e. The van der Waals surface area contributed by atoms with Crippen LogP contribution in [0, 0.1) is 0 Å². The van der Waals surface area contributed by atoms with Crippen LogP contribution in [0.1, 0.15) is 13.3 Å². The van der Waals surface area contributed by atoms with Crippen molar-refractivity contribution in [2.45, 2.75) is 19.4 Å². The largest absolute Gasteiger partial charge is 0.394 e. The third-order valence-electron chi connectivity index (χ3n) is 2.67. The maximum Gasteiger partial charge on any atom is 0.183 e. The topological polar surface area (TPSA) is 45.1 Å². The summed E-state index contributed by atoms with van der Waals surface area (Å²) in [5.74, 6) is 0. The number of thiazole rings is 1. The Hall–Kier alpha value is -0.910. The molecule has 1 atom stereocenters. The van der Waals surface area contributed by atoms with Gasteiger partial charge in [0.1, 0.15) is 0 Å². The van der Waals surface area contributed by atoms with Crippen molar-refractivity contribution in [1.29, 1.82) is 0 Å². The van der Waals surface area contributed by atoms with E-state index in [1.807, 2.05) is 36.6 Å². The van der Waals surface area contributed by atoms with E-state index in [-0.39, 0.29) is 12.6 Å². The van der Waals surface area contributed by atoms with Crippen molar-refractivity contribution >= 4 is 32.4 Å². The average Bonchev–Trinajstić information content (AvgIpc) is 2.84. The molecule has 0 aliphatic heterocycles. The average molecular weight is 327 g/mol. The summed E-state index contributed by atoms with van der Waals surface area (Å²) in [4.78, 5) is 4.53. The van der Waals surface area contributed by atoms with Crippen LogP contribution >= 0.6 is 27.3 Å². The molecular formula is C13H15BrN2OS. The van der Waals surface area contributed by atoms with Crippen molar-refractivity contribution in [2.75, 3.05) is 11.9 Å². The number of aliphatic hydroxyl groups is 1. The van der Waals surface area contributed by atoms with Gasteiger partial charge < -0.3 is 10.4 Å². The highest BCUT2D eigenvalue weighted by atomic mass is 79.9. The number of benzene rings is 1. The number of anilines is 1. The number of halogens is 1. The fourth-order valence-electron chi connectivity index (χ4n) is 1.57. The van der Waals surface area contributed by atoms with E-state index in [1.54, 1.807) is 11.3 Å². The van der Waals surface area contributed by atoms with Crippen LogP contribution in [-0.4, -0.2) is 22.7 Å². The first-order valence-corrected chi connectivity index (χ1v) is 7.49. The molecule has 1 heterocycles. The standard InChI is InChI=1S/C13H15BrN2OS/c1-2-11(7-17)15-13-16-12(8-18-13)9-4-3-5-10(14)6-9/h3-6,8,11,17H,2,7H2,1H3,(H,15,16)/t11-/m0/s1. The molecule has 3 nitrogen and oxygen atoms in total. The van der Waals surface area contributed by atoms with Crippen LogP contribution in [-0.2, 0) is 0 Å². The predicted molar refractivity (Wildman–Crippen MR) is 80.0 cm³/mol. The number of hydrogen-bond donors (Lipinski definition) is 2. The van der Waals surface area contributed by atoms with Crippen molar-refractivity contribution < 1.29 is 5.11 Å². The molecule has 0 amide bonds. The van der Waals surface area contributed by atoms with Gasteiger partial charge >= 0.3 is 0 Å². The second-order valence-corrected chi connectivity index (χ2v) is 5.75. The molecule has 5 heteroatoms. The van der Waals surface area contributed by atoms with Gasteiger partial charge in [0, 0.05) is 15.4 Å². The lowest BCUT2D eigenvalue weighted by Crippen LogP contribution is -2.22. The maximum atomic E-state index is 9.16. The van der Waals surface area contributed by atoms with Crippen LogP contribution in [0.4, 0.5) is 5.13 Å². The molecule has 0 fully saturated rings. The Morgan fingerprint density at radius 2 is 2.33 bits per heavy atom. The summed E-state index contributed by atoms with van der Waals surface area (Å²) in [5.41, 5.74) is 2.04. The van der Waals surface area contributed by atoms with E-state index in [0.717, 1.165) is 27.3 Å². The van der Waals surface area contributed by atoms with Crippen LogP contribution in [0.15, 0.2) is 34.1 Å². The molecule has 0 bridgehead atoms. The van der Waals surface area contributed by atoms with Gasteiger partial charge in [-0.3, -0.25) is 0 Å². The van der Waals surface area contributed by atoms with Crippen LogP contribution in [0.25, 0.3) is 11.3 Å². The molecule has 2 rings (SSSR count). The van der Waals surface area contributed by atoms with Gasteiger partial charge in [-0.1, -0.05) is 35.0 Å². The zero-order valence-corrected chi connectivity index (χ0v) is 12.5. The van der Waals surface area contributed by atoms with Gasteiger partial charge in [0.25, 0.3) is 0 Å². The second kappa shape index (κ2) is 6.31. The third-order valence-corrected chi connectivity index (χ3v) is 3.93. The number of hydrogen-bond acceptors (Lipinski definition) is 4. The number of rotatable bonds is 5. The van der Waals surface area contributed by atoms with Crippen molar-refractivity contribution in [3.05, 3.63) is 34.1 Å². The number of nitrogens with one attached hydrogen (secondary N) is 1. The van der Waals surface area contributed by atoms with Crippen LogP contribution in [0.2, 0.25) is 0 Å². The Labute approximate surface area is 119 Å². The van der Waals surface area contributed by atoms with Gasteiger partial charge in [0.05, 0.1) is 18.3 Å². The molecule has 0 spiro atoms. The predicted octanol–water partition coefficient (Wildman–Crippen LogP) is 3.76. The smallest absolute Gasteiger partial charge is 0.183 e. The van der Waals surface area contributed by atoms with E-state index in [0.29, 0.717) is 0 Å². The highest BCUT2D eigenvalue weighted by molar-refractivity contribution is 9.10. The van der Waals surface area contributed by atoms with Gasteiger partial charge in [-0.15, -0.1) is 11.3 Å². The van der Waals surface area contributed by atoms with Crippen LogP contribution in [0.5, 0.6) is 0 Å². The molecule has 0 saturated heterocycles. The molecule has 2 N–H and O–H groups in total. The Morgan fingerprint density at radius 1 is 1.50 bits per heavy atom. The summed E-state index contributed by atoms with van der Waals surface area (Å²) >= 11 is 5.02. The zero-order chi connectivity index (χ0) is 13.0. The highest BCUT2D eigenvalue weighted by Crippen LogP contribution is 2.27. The van der Waals surface area contributed by atoms with E-state index < -0.39 is 0 Å².